The van der Waals surface area contributed by atoms with E-state index in [1.165, 1.54) is 6.34 Å². The molecule has 0 bridgehead atoms. The smallest absolute Gasteiger partial charge is 0.139 e. The monoisotopic (exact) mass is 179 g/mol. The standard InChI is InChI=1S/C8H13N5/c1-3-13-7-6(4-12-13)8(2,9)11-5-10-7/h4-6H,3,9H2,1-2H3. The van der Waals surface area contributed by atoms with Gasteiger partial charge in [-0.2, -0.15) is 5.10 Å². The van der Waals surface area contributed by atoms with Crippen LogP contribution in [0.15, 0.2) is 15.1 Å². The summed E-state index contributed by atoms with van der Waals surface area (Å²) in [5.74, 6) is 0.931. The Morgan fingerprint density at radius 3 is 3.15 bits per heavy atom. The van der Waals surface area contributed by atoms with E-state index in [1.807, 2.05) is 25.1 Å². The molecule has 0 aromatic rings. The minimum Gasteiger partial charge on any atom is -0.306 e. The van der Waals surface area contributed by atoms with Crippen molar-refractivity contribution < 1.29 is 0 Å². The fraction of sp³-hybridized carbons (Fsp3) is 0.625. The van der Waals surface area contributed by atoms with E-state index < -0.39 is 5.66 Å². The highest BCUT2D eigenvalue weighted by molar-refractivity contribution is 6.06. The van der Waals surface area contributed by atoms with Crippen molar-refractivity contribution in [2.24, 2.45) is 26.7 Å². The molecule has 0 aromatic carbocycles. The molecule has 5 heteroatoms. The SMILES string of the molecule is CCN1N=CC2C1=NC=NC2(C)N. The summed E-state index contributed by atoms with van der Waals surface area (Å²) < 4.78 is 0. The molecular formula is C8H13N5. The zero-order valence-electron chi connectivity index (χ0n) is 7.81. The van der Waals surface area contributed by atoms with E-state index in [9.17, 15) is 0 Å². The Labute approximate surface area is 77.0 Å². The highest BCUT2D eigenvalue weighted by Crippen LogP contribution is 2.24. The minimum atomic E-state index is -0.593. The maximum atomic E-state index is 5.98. The van der Waals surface area contributed by atoms with Crippen molar-refractivity contribution in [2.75, 3.05) is 6.54 Å². The van der Waals surface area contributed by atoms with Gasteiger partial charge in [0.15, 0.2) is 0 Å². The van der Waals surface area contributed by atoms with Gasteiger partial charge in [0.25, 0.3) is 0 Å². The van der Waals surface area contributed by atoms with Gasteiger partial charge in [0.05, 0.1) is 5.92 Å². The molecule has 13 heavy (non-hydrogen) atoms. The minimum absolute atomic E-state index is 0.0254. The first-order valence-corrected chi connectivity index (χ1v) is 4.37. The summed E-state index contributed by atoms with van der Waals surface area (Å²) in [7, 11) is 0. The van der Waals surface area contributed by atoms with Crippen molar-refractivity contribution in [1.82, 2.24) is 5.01 Å². The third-order valence-electron chi connectivity index (χ3n) is 2.35. The van der Waals surface area contributed by atoms with Crippen LogP contribution in [0.25, 0.3) is 0 Å². The van der Waals surface area contributed by atoms with E-state index in [4.69, 9.17) is 5.73 Å². The number of hydrogen-bond donors (Lipinski definition) is 1. The van der Waals surface area contributed by atoms with Crippen molar-refractivity contribution >= 4 is 18.4 Å². The molecular weight excluding hydrogens is 166 g/mol. The summed E-state index contributed by atoms with van der Waals surface area (Å²) in [5, 5.41) is 6.06. The number of hydrogen-bond acceptors (Lipinski definition) is 5. The van der Waals surface area contributed by atoms with Gasteiger partial charge in [0, 0.05) is 12.8 Å². The van der Waals surface area contributed by atoms with E-state index in [1.54, 1.807) is 0 Å². The van der Waals surface area contributed by atoms with Gasteiger partial charge in [-0.3, -0.25) is 10.0 Å². The van der Waals surface area contributed by atoms with Crippen LogP contribution in [0.4, 0.5) is 0 Å². The quantitative estimate of drug-likeness (QED) is 0.617. The van der Waals surface area contributed by atoms with Crippen LogP contribution in [0.5, 0.6) is 0 Å². The van der Waals surface area contributed by atoms with E-state index in [-0.39, 0.29) is 5.92 Å². The molecule has 0 radical (unpaired) electrons. The second-order valence-electron chi connectivity index (χ2n) is 3.42. The van der Waals surface area contributed by atoms with Crippen LogP contribution < -0.4 is 5.73 Å². The topological polar surface area (TPSA) is 66.3 Å². The first kappa shape index (κ1) is 8.37. The summed E-state index contributed by atoms with van der Waals surface area (Å²) in [4.78, 5) is 8.31. The van der Waals surface area contributed by atoms with Gasteiger partial charge in [0.1, 0.15) is 17.8 Å². The van der Waals surface area contributed by atoms with Gasteiger partial charge in [-0.25, -0.2) is 4.99 Å². The van der Waals surface area contributed by atoms with Gasteiger partial charge >= 0.3 is 0 Å². The number of hydrazone groups is 1. The highest BCUT2D eigenvalue weighted by atomic mass is 15.5. The third kappa shape index (κ3) is 1.16. The van der Waals surface area contributed by atoms with E-state index in [2.05, 4.69) is 15.1 Å². The maximum Gasteiger partial charge on any atom is 0.139 e. The molecule has 2 rings (SSSR count). The van der Waals surface area contributed by atoms with Crippen molar-refractivity contribution in [3.05, 3.63) is 0 Å². The van der Waals surface area contributed by atoms with Crippen LogP contribution in [-0.4, -0.2) is 35.6 Å². The maximum absolute atomic E-state index is 5.98. The summed E-state index contributed by atoms with van der Waals surface area (Å²) in [6.07, 6.45) is 3.34. The average Bonchev–Trinajstić information content (AvgIpc) is 2.48. The molecule has 2 unspecified atom stereocenters. The van der Waals surface area contributed by atoms with Crippen LogP contribution >= 0.6 is 0 Å². The Bertz CT molecular complexity index is 302. The van der Waals surface area contributed by atoms with Gasteiger partial charge in [-0.15, -0.1) is 0 Å². The van der Waals surface area contributed by atoms with Crippen molar-refractivity contribution in [3.8, 4) is 0 Å². The average molecular weight is 179 g/mol. The van der Waals surface area contributed by atoms with Gasteiger partial charge in [0.2, 0.25) is 0 Å². The summed E-state index contributed by atoms with van der Waals surface area (Å²) in [6.45, 7) is 4.73. The molecule has 0 amide bonds. The number of rotatable bonds is 1. The second-order valence-corrected chi connectivity index (χ2v) is 3.42. The predicted octanol–water partition coefficient (Wildman–Crippen LogP) is 0.0392. The third-order valence-corrected chi connectivity index (χ3v) is 2.35. The molecule has 2 atom stereocenters. The van der Waals surface area contributed by atoms with E-state index in [0.29, 0.717) is 0 Å². The van der Waals surface area contributed by atoms with Crippen molar-refractivity contribution in [1.29, 1.82) is 0 Å². The number of aliphatic imine (C=N–C) groups is 2. The molecule has 0 saturated carbocycles. The zero-order valence-corrected chi connectivity index (χ0v) is 7.81. The van der Waals surface area contributed by atoms with E-state index in [0.717, 1.165) is 12.4 Å². The van der Waals surface area contributed by atoms with E-state index >= 15 is 0 Å². The highest BCUT2D eigenvalue weighted by Gasteiger charge is 2.39. The summed E-state index contributed by atoms with van der Waals surface area (Å²) in [6, 6.07) is 0. The summed E-state index contributed by atoms with van der Waals surface area (Å²) in [5.41, 5.74) is 5.39. The molecule has 2 N–H and O–H groups in total. The Morgan fingerprint density at radius 2 is 2.46 bits per heavy atom. The number of nitrogens with two attached hydrogens (primary N) is 1. The fourth-order valence-corrected chi connectivity index (χ4v) is 1.53. The van der Waals surface area contributed by atoms with Crippen LogP contribution in [-0.2, 0) is 0 Å². The Balaban J connectivity index is 2.33. The molecule has 70 valence electrons. The molecule has 0 aromatic heterocycles. The zero-order chi connectivity index (χ0) is 9.47. The van der Waals surface area contributed by atoms with Crippen LogP contribution in [0.2, 0.25) is 0 Å². The Morgan fingerprint density at radius 1 is 1.69 bits per heavy atom. The lowest BCUT2D eigenvalue weighted by atomic mass is 9.95. The van der Waals surface area contributed by atoms with Crippen LogP contribution in [0, 0.1) is 5.92 Å². The molecule has 0 spiro atoms. The van der Waals surface area contributed by atoms with Gasteiger partial charge < -0.3 is 5.73 Å². The number of amidine groups is 1. The van der Waals surface area contributed by atoms with Gasteiger partial charge in [-0.05, 0) is 13.8 Å². The number of nitrogens with zero attached hydrogens (tertiary/aromatic N) is 4. The number of fused-ring (bicyclic) bond motifs is 1. The molecule has 5 nitrogen and oxygen atoms in total. The van der Waals surface area contributed by atoms with Crippen molar-refractivity contribution in [2.45, 2.75) is 19.5 Å². The molecule has 0 fully saturated rings. The largest absolute Gasteiger partial charge is 0.306 e. The second kappa shape index (κ2) is 2.63. The first-order valence-electron chi connectivity index (χ1n) is 4.37. The lowest BCUT2D eigenvalue weighted by Gasteiger charge is -2.29. The van der Waals surface area contributed by atoms with Gasteiger partial charge in [-0.1, -0.05) is 0 Å². The molecule has 0 saturated heterocycles. The van der Waals surface area contributed by atoms with Crippen molar-refractivity contribution in [3.63, 3.8) is 0 Å². The lowest BCUT2D eigenvalue weighted by molar-refractivity contribution is 0.421. The van der Waals surface area contributed by atoms with Crippen LogP contribution in [0.3, 0.4) is 0 Å². The molecule has 0 aliphatic carbocycles. The fourth-order valence-electron chi connectivity index (χ4n) is 1.53. The lowest BCUT2D eigenvalue weighted by Crippen LogP contribution is -2.49. The molecule has 2 aliphatic heterocycles. The Kier molecular flexibility index (Phi) is 1.69. The molecule has 2 aliphatic rings. The normalized spacial score (nSPS) is 36.4. The van der Waals surface area contributed by atoms with Crippen LogP contribution in [0.1, 0.15) is 13.8 Å². The molecule has 2 heterocycles. The Hall–Kier alpha value is -1.23. The first-order chi connectivity index (χ1) is 6.15. The summed E-state index contributed by atoms with van der Waals surface area (Å²) >= 11 is 0. The predicted molar refractivity (Wildman–Crippen MR) is 52.9 cm³/mol.